The van der Waals surface area contributed by atoms with Crippen molar-refractivity contribution in [1.29, 1.82) is 0 Å². The van der Waals surface area contributed by atoms with Crippen molar-refractivity contribution in [2.75, 3.05) is 9.80 Å². The van der Waals surface area contributed by atoms with Gasteiger partial charge in [-0.05, 0) is 114 Å². The molecule has 1 aliphatic heterocycles. The predicted octanol–water partition coefficient (Wildman–Crippen LogP) is 17.6. The smallest absolute Gasteiger partial charge is 0.0781 e. The number of nitrogens with zero attached hydrogens (tertiary/aromatic N) is 2. The molecule has 0 N–H and O–H groups in total. The molecule has 0 aromatic heterocycles. The Bertz CT molecular complexity index is 3680. The summed E-state index contributed by atoms with van der Waals surface area (Å²) in [5, 5.41) is 4.86. The quantitative estimate of drug-likeness (QED) is 0.157. The van der Waals surface area contributed by atoms with Crippen LogP contribution in [0.2, 0.25) is 0 Å². The minimum Gasteiger partial charge on any atom is -0.308 e. The van der Waals surface area contributed by atoms with Crippen LogP contribution in [-0.2, 0) is 10.8 Å². The van der Waals surface area contributed by atoms with Crippen LogP contribution in [-0.4, -0.2) is 0 Å². The van der Waals surface area contributed by atoms with E-state index in [1.165, 1.54) is 88.6 Å². The topological polar surface area (TPSA) is 6.48 Å². The molecule has 1 heterocycles. The molecule has 2 heteroatoms. The van der Waals surface area contributed by atoms with Crippen LogP contribution in [0, 0.1) is 0 Å². The molecular weight excluding hydrogens is 821 g/mol. The second-order valence-corrected chi connectivity index (χ2v) is 18.8. The van der Waals surface area contributed by atoms with Gasteiger partial charge in [-0.2, -0.15) is 0 Å². The Hall–Kier alpha value is -8.46. The molecule has 0 amide bonds. The predicted molar refractivity (Wildman–Crippen MR) is 286 cm³/mol. The van der Waals surface area contributed by atoms with Gasteiger partial charge in [0.25, 0.3) is 0 Å². The normalized spacial score (nSPS) is 13.9. The van der Waals surface area contributed by atoms with Gasteiger partial charge in [0.15, 0.2) is 0 Å². The van der Waals surface area contributed by atoms with Gasteiger partial charge in [0.05, 0.1) is 28.2 Å². The first-order valence-corrected chi connectivity index (χ1v) is 23.8. The summed E-state index contributed by atoms with van der Waals surface area (Å²) in [7, 11) is 0. The molecule has 11 aromatic rings. The molecule has 0 saturated carbocycles. The highest BCUT2D eigenvalue weighted by molar-refractivity contribution is 6.10. The van der Waals surface area contributed by atoms with E-state index >= 15 is 0 Å². The van der Waals surface area contributed by atoms with Crippen LogP contribution in [0.15, 0.2) is 255 Å². The van der Waals surface area contributed by atoms with Gasteiger partial charge in [-0.3, -0.25) is 0 Å². The minimum atomic E-state index is -0.548. The van der Waals surface area contributed by atoms with E-state index in [-0.39, 0.29) is 5.41 Å². The van der Waals surface area contributed by atoms with Crippen LogP contribution >= 0.6 is 0 Å². The second-order valence-electron chi connectivity index (χ2n) is 18.8. The molecule has 1 aliphatic carbocycles. The fourth-order valence-corrected chi connectivity index (χ4v) is 12.0. The molecular formula is C66H48N2. The monoisotopic (exact) mass is 868 g/mol. The fourth-order valence-electron chi connectivity index (χ4n) is 12.0. The van der Waals surface area contributed by atoms with Crippen molar-refractivity contribution in [3.8, 4) is 22.3 Å². The van der Waals surface area contributed by atoms with Crippen LogP contribution in [0.3, 0.4) is 0 Å². The molecule has 0 atom stereocenters. The highest BCUT2D eigenvalue weighted by atomic mass is 15.2. The summed E-state index contributed by atoms with van der Waals surface area (Å²) < 4.78 is 0. The lowest BCUT2D eigenvalue weighted by Crippen LogP contribution is -2.32. The van der Waals surface area contributed by atoms with Crippen molar-refractivity contribution in [1.82, 2.24) is 0 Å². The lowest BCUT2D eigenvalue weighted by Gasteiger charge is -2.44. The standard InChI is InChI=1S/C66H48N2/c1-65(2)58-37-18-19-38-60(58)68(61-39-21-35-56(63(61)65)53-34-20-24-45-22-12-14-31-51(45)53)64-52-32-15-13-23-46(52)40-43-62(64)67(49-29-10-5-11-30-49)50-41-42-55-54-33-16-17-36-57(54)66(59(55)44-50,47-25-6-3-7-26-47)48-27-8-4-9-28-48/h3-44H,1-2H3. The molecule has 0 radical (unpaired) electrons. The Morgan fingerprint density at radius 2 is 0.882 bits per heavy atom. The molecule has 0 bridgehead atoms. The lowest BCUT2D eigenvalue weighted by atomic mass is 9.67. The summed E-state index contributed by atoms with van der Waals surface area (Å²) >= 11 is 0. The van der Waals surface area contributed by atoms with Gasteiger partial charge in [0.1, 0.15) is 0 Å². The number of rotatable bonds is 7. The summed E-state index contributed by atoms with van der Waals surface area (Å²) in [5.41, 5.74) is 18.6. The van der Waals surface area contributed by atoms with Crippen LogP contribution < -0.4 is 9.80 Å². The second kappa shape index (κ2) is 15.6. The van der Waals surface area contributed by atoms with Gasteiger partial charge >= 0.3 is 0 Å². The van der Waals surface area contributed by atoms with Gasteiger partial charge in [0, 0.05) is 22.2 Å². The maximum Gasteiger partial charge on any atom is 0.0781 e. The number of benzene rings is 11. The van der Waals surface area contributed by atoms with E-state index in [1.807, 2.05) is 0 Å². The van der Waals surface area contributed by atoms with Gasteiger partial charge < -0.3 is 9.80 Å². The minimum absolute atomic E-state index is 0.326. The third kappa shape index (κ3) is 5.84. The summed E-state index contributed by atoms with van der Waals surface area (Å²) in [5.74, 6) is 0. The van der Waals surface area contributed by atoms with Crippen LogP contribution in [0.25, 0.3) is 43.8 Å². The van der Waals surface area contributed by atoms with Crippen molar-refractivity contribution < 1.29 is 0 Å². The van der Waals surface area contributed by atoms with E-state index in [4.69, 9.17) is 0 Å². The largest absolute Gasteiger partial charge is 0.308 e. The molecule has 2 nitrogen and oxygen atoms in total. The maximum atomic E-state index is 2.58. The third-order valence-electron chi connectivity index (χ3n) is 14.9. The van der Waals surface area contributed by atoms with E-state index in [0.29, 0.717) is 0 Å². The van der Waals surface area contributed by atoms with Gasteiger partial charge in [-0.1, -0.05) is 226 Å². The first kappa shape index (κ1) is 39.9. The Balaban J connectivity index is 1.11. The molecule has 0 spiro atoms. The molecule has 0 unspecified atom stereocenters. The SMILES string of the molecule is CC1(C)c2ccccc2N(c2c(N(c3ccccc3)c3ccc4c(c3)C(c3ccccc3)(c3ccccc3)c3ccccc3-4)ccc3ccccc23)c2cccc(-c3cccc4ccccc34)c21. The average molecular weight is 869 g/mol. The Labute approximate surface area is 398 Å². The molecule has 68 heavy (non-hydrogen) atoms. The van der Waals surface area contributed by atoms with Crippen LogP contribution in [0.1, 0.15) is 47.2 Å². The Morgan fingerprint density at radius 1 is 0.353 bits per heavy atom. The molecule has 0 saturated heterocycles. The van der Waals surface area contributed by atoms with Crippen molar-refractivity contribution >= 4 is 55.7 Å². The van der Waals surface area contributed by atoms with Gasteiger partial charge in [-0.25, -0.2) is 0 Å². The highest BCUT2D eigenvalue weighted by Gasteiger charge is 2.47. The van der Waals surface area contributed by atoms with Crippen molar-refractivity contribution in [3.05, 3.63) is 288 Å². The first-order valence-electron chi connectivity index (χ1n) is 23.8. The lowest BCUT2D eigenvalue weighted by molar-refractivity contribution is 0.634. The number of fused-ring (bicyclic) bond motifs is 7. The zero-order valence-corrected chi connectivity index (χ0v) is 38.1. The summed E-state index contributed by atoms with van der Waals surface area (Å²) in [6.07, 6.45) is 0. The number of hydrogen-bond donors (Lipinski definition) is 0. The zero-order valence-electron chi connectivity index (χ0n) is 38.1. The van der Waals surface area contributed by atoms with E-state index in [9.17, 15) is 0 Å². The summed E-state index contributed by atoms with van der Waals surface area (Å²) in [6, 6.07) is 94.5. The van der Waals surface area contributed by atoms with Crippen LogP contribution in [0.4, 0.5) is 34.1 Å². The maximum absolute atomic E-state index is 2.58. The van der Waals surface area contributed by atoms with E-state index in [0.717, 1.165) is 22.7 Å². The number of anilines is 6. The Morgan fingerprint density at radius 3 is 1.63 bits per heavy atom. The Kier molecular flexibility index (Phi) is 9.13. The van der Waals surface area contributed by atoms with Crippen molar-refractivity contribution in [2.45, 2.75) is 24.7 Å². The average Bonchev–Trinajstić information content (AvgIpc) is 3.70. The van der Waals surface area contributed by atoms with Crippen LogP contribution in [0.5, 0.6) is 0 Å². The number of para-hydroxylation sites is 2. The van der Waals surface area contributed by atoms with E-state index in [1.54, 1.807) is 0 Å². The van der Waals surface area contributed by atoms with Crippen molar-refractivity contribution in [3.63, 3.8) is 0 Å². The number of hydrogen-bond acceptors (Lipinski definition) is 2. The van der Waals surface area contributed by atoms with Crippen molar-refractivity contribution in [2.24, 2.45) is 0 Å². The van der Waals surface area contributed by atoms with E-state index in [2.05, 4.69) is 278 Å². The van der Waals surface area contributed by atoms with Gasteiger partial charge in [0.2, 0.25) is 0 Å². The summed E-state index contributed by atoms with van der Waals surface area (Å²) in [6.45, 7) is 4.82. The summed E-state index contributed by atoms with van der Waals surface area (Å²) in [4.78, 5) is 5.09. The molecule has 0 fully saturated rings. The molecule has 11 aromatic carbocycles. The molecule has 13 rings (SSSR count). The highest BCUT2D eigenvalue weighted by Crippen LogP contribution is 2.60. The zero-order chi connectivity index (χ0) is 45.4. The van der Waals surface area contributed by atoms with E-state index < -0.39 is 5.41 Å². The fraction of sp³-hybridized carbons (Fsp3) is 0.0606. The van der Waals surface area contributed by atoms with Gasteiger partial charge in [-0.15, -0.1) is 0 Å². The third-order valence-corrected chi connectivity index (χ3v) is 14.9. The molecule has 2 aliphatic rings. The molecule has 322 valence electrons. The first-order chi connectivity index (χ1) is 33.5.